The lowest BCUT2D eigenvalue weighted by Gasteiger charge is -2.25. The van der Waals surface area contributed by atoms with Crippen molar-refractivity contribution in [3.8, 4) is 0 Å². The Kier molecular flexibility index (Phi) is 29.4. The molecule has 2 amide bonds. The number of hydrogen-bond acceptors (Lipinski definition) is 11. The van der Waals surface area contributed by atoms with E-state index in [9.17, 15) is 9.59 Å². The molecule has 0 aromatic carbocycles. The van der Waals surface area contributed by atoms with Crippen LogP contribution in [0.4, 0.5) is 5.82 Å². The summed E-state index contributed by atoms with van der Waals surface area (Å²) in [5.74, 6) is -0.228. The molecule has 13 heteroatoms. The second kappa shape index (κ2) is 30.9. The fourth-order valence-corrected chi connectivity index (χ4v) is 4.71. The molecule has 0 fully saturated rings. The summed E-state index contributed by atoms with van der Waals surface area (Å²) in [6, 6.07) is 0. The van der Waals surface area contributed by atoms with Crippen molar-refractivity contribution in [2.45, 2.75) is 120 Å². The van der Waals surface area contributed by atoms with E-state index in [0.717, 1.165) is 32.5 Å². The molecule has 0 bridgehead atoms. The second-order valence-electron chi connectivity index (χ2n) is 15.0. The minimum atomic E-state index is -0.515. The van der Waals surface area contributed by atoms with Crippen molar-refractivity contribution in [2.75, 3.05) is 98.1 Å². The molecular formula is C40H77N5O8. The molecule has 0 aliphatic carbocycles. The lowest BCUT2D eigenvalue weighted by atomic mass is 9.84. The number of amides is 2. The summed E-state index contributed by atoms with van der Waals surface area (Å²) >= 11 is 0. The summed E-state index contributed by atoms with van der Waals surface area (Å²) < 4.78 is 33.5. The highest BCUT2D eigenvalue weighted by molar-refractivity contribution is 5.99. The zero-order chi connectivity index (χ0) is 40.0. The van der Waals surface area contributed by atoms with Gasteiger partial charge in [0.15, 0.2) is 17.2 Å². The number of rotatable bonds is 31. The number of aromatic nitrogens is 2. The average Bonchev–Trinajstić information content (AvgIpc) is 3.11. The van der Waals surface area contributed by atoms with Crippen LogP contribution in [0.1, 0.15) is 141 Å². The lowest BCUT2D eigenvalue weighted by Crippen LogP contribution is -2.34. The van der Waals surface area contributed by atoms with E-state index in [1.807, 2.05) is 34.6 Å². The largest absolute Gasteiger partial charge is 0.382 e. The molecule has 0 radical (unpaired) electrons. The van der Waals surface area contributed by atoms with Crippen LogP contribution in [0.15, 0.2) is 0 Å². The smallest absolute Gasteiger partial charge is 0.273 e. The third-order valence-corrected chi connectivity index (χ3v) is 8.15. The number of nitrogens with one attached hydrogen (secondary N) is 2. The molecule has 310 valence electrons. The SMILES string of the molecule is CC.CCC(C)(C)c1nc(C(=O)NCCCOCCOCCOCCCC(C)C)c(N)nc1C(=O)NCCCOCCOCCOCCCC(C)(C)C. The molecule has 0 spiro atoms. The Labute approximate surface area is 321 Å². The second-order valence-corrected chi connectivity index (χ2v) is 15.0. The number of nitrogen functional groups attached to an aromatic ring is 1. The fourth-order valence-electron chi connectivity index (χ4n) is 4.71. The number of carbonyl (C=O) groups is 2. The van der Waals surface area contributed by atoms with Gasteiger partial charge in [-0.1, -0.05) is 69.2 Å². The highest BCUT2D eigenvalue weighted by Gasteiger charge is 2.30. The molecule has 0 aliphatic rings. The van der Waals surface area contributed by atoms with Gasteiger partial charge in [0.2, 0.25) is 0 Å². The highest BCUT2D eigenvalue weighted by Crippen LogP contribution is 2.29. The molecule has 1 heterocycles. The quantitative estimate of drug-likeness (QED) is 0.0721. The Morgan fingerprint density at radius 1 is 0.623 bits per heavy atom. The molecule has 0 atom stereocenters. The summed E-state index contributed by atoms with van der Waals surface area (Å²) in [4.78, 5) is 35.1. The van der Waals surface area contributed by atoms with Gasteiger partial charge in [-0.25, -0.2) is 9.97 Å². The molecular weight excluding hydrogens is 678 g/mol. The molecule has 1 aromatic rings. The van der Waals surface area contributed by atoms with Gasteiger partial charge in [0.1, 0.15) is 0 Å². The maximum atomic E-state index is 13.2. The topological polar surface area (TPSA) is 165 Å². The molecule has 1 aromatic heterocycles. The highest BCUT2D eigenvalue weighted by atomic mass is 16.5. The Morgan fingerprint density at radius 2 is 1.02 bits per heavy atom. The third-order valence-electron chi connectivity index (χ3n) is 8.15. The molecule has 1 rings (SSSR count). The molecule has 0 unspecified atom stereocenters. The van der Waals surface area contributed by atoms with Crippen molar-refractivity contribution in [3.05, 3.63) is 17.1 Å². The number of ether oxygens (including phenoxy) is 6. The van der Waals surface area contributed by atoms with Gasteiger partial charge in [-0.2, -0.15) is 0 Å². The van der Waals surface area contributed by atoms with Gasteiger partial charge in [0, 0.05) is 44.9 Å². The fraction of sp³-hybridized carbons (Fsp3) is 0.850. The summed E-state index contributed by atoms with van der Waals surface area (Å²) in [6.07, 6.45) is 6.33. The van der Waals surface area contributed by atoms with Crippen molar-refractivity contribution in [3.63, 3.8) is 0 Å². The maximum absolute atomic E-state index is 13.2. The van der Waals surface area contributed by atoms with E-state index in [1.165, 1.54) is 6.42 Å². The zero-order valence-corrected chi connectivity index (χ0v) is 35.2. The van der Waals surface area contributed by atoms with Crippen LogP contribution in [0.5, 0.6) is 0 Å². The van der Waals surface area contributed by atoms with Crippen molar-refractivity contribution < 1.29 is 38.0 Å². The molecule has 0 aliphatic heterocycles. The number of anilines is 1. The minimum absolute atomic E-state index is 0.00605. The Balaban J connectivity index is 0.0000133. The molecule has 0 saturated heterocycles. The van der Waals surface area contributed by atoms with Crippen LogP contribution in [0.3, 0.4) is 0 Å². The Morgan fingerprint density at radius 3 is 1.43 bits per heavy atom. The number of hydrogen-bond donors (Lipinski definition) is 3. The van der Waals surface area contributed by atoms with E-state index in [0.29, 0.717) is 115 Å². The summed E-state index contributed by atoms with van der Waals surface area (Å²) in [5, 5.41) is 5.72. The third kappa shape index (κ3) is 26.1. The van der Waals surface area contributed by atoms with Gasteiger partial charge < -0.3 is 44.8 Å². The maximum Gasteiger partial charge on any atom is 0.273 e. The van der Waals surface area contributed by atoms with E-state index in [1.54, 1.807) is 0 Å². The van der Waals surface area contributed by atoms with Gasteiger partial charge >= 0.3 is 0 Å². The molecule has 13 nitrogen and oxygen atoms in total. The predicted octanol–water partition coefficient (Wildman–Crippen LogP) is 6.37. The average molecular weight is 756 g/mol. The van der Waals surface area contributed by atoms with Crippen LogP contribution < -0.4 is 16.4 Å². The standard InChI is InChI=1S/C38H71N5O8.C2H6/c1-9-38(7,8)33-31(35(44)40-16-12-20-48-25-29-51-27-23-47-19-11-15-37(4,5)6)43-34(39)32(42-33)36(45)41-17-13-21-49-24-28-50-26-22-46-18-10-14-30(2)3;1-2/h30H,9-29H2,1-8H3,(H2,39,43)(H,40,44)(H,41,45);1-2H3. The summed E-state index contributed by atoms with van der Waals surface area (Å²) in [6.45, 7) is 28.4. The Hall–Kier alpha value is -2.42. The van der Waals surface area contributed by atoms with Crippen LogP contribution in [-0.4, -0.2) is 114 Å². The van der Waals surface area contributed by atoms with Gasteiger partial charge in [-0.05, 0) is 56.3 Å². The first-order valence-electron chi connectivity index (χ1n) is 20.0. The van der Waals surface area contributed by atoms with E-state index in [-0.39, 0.29) is 23.1 Å². The van der Waals surface area contributed by atoms with Gasteiger partial charge in [0.25, 0.3) is 11.8 Å². The van der Waals surface area contributed by atoms with Crippen LogP contribution in [0.2, 0.25) is 0 Å². The number of nitrogens with two attached hydrogens (primary N) is 1. The molecule has 0 saturated carbocycles. The normalized spacial score (nSPS) is 11.8. The summed E-state index contributed by atoms with van der Waals surface area (Å²) in [5.41, 5.74) is 6.53. The van der Waals surface area contributed by atoms with Crippen molar-refractivity contribution in [2.24, 2.45) is 11.3 Å². The monoisotopic (exact) mass is 756 g/mol. The summed E-state index contributed by atoms with van der Waals surface area (Å²) in [7, 11) is 0. The molecule has 53 heavy (non-hydrogen) atoms. The van der Waals surface area contributed by atoms with Crippen LogP contribution in [0.25, 0.3) is 0 Å². The van der Waals surface area contributed by atoms with E-state index in [4.69, 9.17) is 34.2 Å². The molecule has 4 N–H and O–H groups in total. The number of carbonyl (C=O) groups excluding carboxylic acids is 2. The van der Waals surface area contributed by atoms with Gasteiger partial charge in [-0.15, -0.1) is 0 Å². The van der Waals surface area contributed by atoms with Crippen molar-refractivity contribution >= 4 is 17.6 Å². The zero-order valence-electron chi connectivity index (χ0n) is 35.2. The van der Waals surface area contributed by atoms with Gasteiger partial charge in [0.05, 0.1) is 58.5 Å². The van der Waals surface area contributed by atoms with E-state index < -0.39 is 11.3 Å². The minimum Gasteiger partial charge on any atom is -0.382 e. The first kappa shape index (κ1) is 50.6. The first-order chi connectivity index (χ1) is 25.3. The van der Waals surface area contributed by atoms with Crippen molar-refractivity contribution in [1.29, 1.82) is 0 Å². The number of nitrogens with zero attached hydrogens (tertiary/aromatic N) is 2. The van der Waals surface area contributed by atoms with Gasteiger partial charge in [-0.3, -0.25) is 9.59 Å². The van der Waals surface area contributed by atoms with E-state index in [2.05, 4.69) is 55.2 Å². The van der Waals surface area contributed by atoms with Crippen molar-refractivity contribution in [1.82, 2.24) is 20.6 Å². The van der Waals surface area contributed by atoms with E-state index >= 15 is 0 Å². The first-order valence-corrected chi connectivity index (χ1v) is 20.0. The Bertz CT molecular complexity index is 1080. The van der Waals surface area contributed by atoms with Crippen LogP contribution in [-0.2, 0) is 33.8 Å². The predicted molar refractivity (Wildman–Crippen MR) is 213 cm³/mol. The lowest BCUT2D eigenvalue weighted by molar-refractivity contribution is 0.0127. The van der Waals surface area contributed by atoms with Crippen LogP contribution >= 0.6 is 0 Å². The van der Waals surface area contributed by atoms with Crippen LogP contribution in [0, 0.1) is 11.3 Å².